The fraction of sp³-hybridized carbons (Fsp3) is 0.0278. The maximum Gasteiger partial charge on any atom is 0.263 e. The van der Waals surface area contributed by atoms with E-state index in [9.17, 15) is 32.9 Å². The molecule has 4 nitrogen and oxygen atoms in total. The Morgan fingerprint density at radius 3 is 2.13 bits per heavy atom. The lowest BCUT2D eigenvalue weighted by atomic mass is 9.90. The lowest BCUT2D eigenvalue weighted by Crippen LogP contribution is -1.96. The van der Waals surface area contributed by atoms with E-state index in [-0.39, 0.29) is 32.8 Å². The Hall–Kier alpha value is -5.35. The molecule has 0 atom stereocenters. The second-order valence-corrected chi connectivity index (χ2v) is 11.6. The Labute approximate surface area is 269 Å². The highest BCUT2D eigenvalue weighted by Crippen LogP contribution is 2.47. The minimum absolute atomic E-state index is 0.138. The van der Waals surface area contributed by atoms with E-state index in [1.807, 2.05) is 0 Å². The SMILES string of the molecule is N#Cc1cccc(C#N)c1-c1c(-c2cccc(-c3cc(F)c(C=O)cc3Cl)c2)n(Sc2ccc(C(F)F)cc2)c2ccc(F)cc12. The first kappa shape index (κ1) is 30.7. The second-order valence-electron chi connectivity index (χ2n) is 10.1. The van der Waals surface area contributed by atoms with Crippen LogP contribution in [0.5, 0.6) is 0 Å². The Bertz CT molecular complexity index is 2220. The zero-order valence-corrected chi connectivity index (χ0v) is 25.0. The van der Waals surface area contributed by atoms with Gasteiger partial charge in [0.05, 0.1) is 40.0 Å². The lowest BCUT2D eigenvalue weighted by molar-refractivity contribution is 0.111. The number of carbonyl (C=O) groups excluding carboxylic acids is 1. The molecule has 0 N–H and O–H groups in total. The third-order valence-corrected chi connectivity index (χ3v) is 8.79. The van der Waals surface area contributed by atoms with E-state index in [4.69, 9.17) is 11.6 Å². The van der Waals surface area contributed by atoms with Crippen molar-refractivity contribution in [3.63, 3.8) is 0 Å². The van der Waals surface area contributed by atoms with Gasteiger partial charge in [0.1, 0.15) is 11.6 Å². The minimum atomic E-state index is -2.65. The average Bonchev–Trinajstić information content (AvgIpc) is 3.37. The Kier molecular flexibility index (Phi) is 8.38. The van der Waals surface area contributed by atoms with Crippen molar-refractivity contribution in [2.45, 2.75) is 11.3 Å². The second kappa shape index (κ2) is 12.6. The summed E-state index contributed by atoms with van der Waals surface area (Å²) in [6.07, 6.45) is -2.28. The molecule has 46 heavy (non-hydrogen) atoms. The molecule has 1 aromatic heterocycles. The molecule has 6 aromatic rings. The van der Waals surface area contributed by atoms with Gasteiger partial charge in [-0.1, -0.05) is 48.0 Å². The molecule has 6 rings (SSSR count). The number of carbonyl (C=O) groups is 1. The predicted molar refractivity (Wildman–Crippen MR) is 171 cm³/mol. The van der Waals surface area contributed by atoms with Crippen LogP contribution in [0.25, 0.3) is 44.4 Å². The van der Waals surface area contributed by atoms with Gasteiger partial charge in [0.25, 0.3) is 6.43 Å². The Morgan fingerprint density at radius 2 is 1.48 bits per heavy atom. The highest BCUT2D eigenvalue weighted by molar-refractivity contribution is 7.98. The number of benzene rings is 5. The van der Waals surface area contributed by atoms with Crippen LogP contribution in [0.3, 0.4) is 0 Å². The summed E-state index contributed by atoms with van der Waals surface area (Å²) in [6, 6.07) is 28.2. The highest BCUT2D eigenvalue weighted by Gasteiger charge is 2.26. The van der Waals surface area contributed by atoms with E-state index in [1.165, 1.54) is 42.3 Å². The molecule has 10 heteroatoms. The van der Waals surface area contributed by atoms with Crippen LogP contribution >= 0.6 is 23.5 Å². The van der Waals surface area contributed by atoms with Gasteiger partial charge in [0.2, 0.25) is 0 Å². The van der Waals surface area contributed by atoms with Crippen LogP contribution in [0.15, 0.2) is 102 Å². The van der Waals surface area contributed by atoms with Crippen molar-refractivity contribution in [1.82, 2.24) is 3.97 Å². The summed E-state index contributed by atoms with van der Waals surface area (Å²) in [5, 5.41) is 20.8. The molecule has 0 saturated carbocycles. The van der Waals surface area contributed by atoms with Gasteiger partial charge < -0.3 is 0 Å². The summed E-state index contributed by atoms with van der Waals surface area (Å²) >= 11 is 7.65. The molecule has 0 saturated heterocycles. The molecule has 0 aliphatic heterocycles. The molecule has 0 aliphatic carbocycles. The van der Waals surface area contributed by atoms with Crippen molar-refractivity contribution in [2.24, 2.45) is 0 Å². The first-order valence-corrected chi connectivity index (χ1v) is 14.8. The molecule has 0 aliphatic rings. The number of aromatic nitrogens is 1. The fourth-order valence-electron chi connectivity index (χ4n) is 5.34. The van der Waals surface area contributed by atoms with E-state index in [0.717, 1.165) is 6.07 Å². The zero-order valence-electron chi connectivity index (χ0n) is 23.4. The zero-order chi connectivity index (χ0) is 32.5. The Morgan fingerprint density at radius 1 is 0.804 bits per heavy atom. The molecule has 0 fully saturated rings. The highest BCUT2D eigenvalue weighted by atomic mass is 35.5. The topological polar surface area (TPSA) is 69.6 Å². The van der Waals surface area contributed by atoms with Crippen LogP contribution < -0.4 is 0 Å². The van der Waals surface area contributed by atoms with Gasteiger partial charge in [-0.25, -0.2) is 17.6 Å². The molecular formula is C36H18ClF4N3OS. The van der Waals surface area contributed by atoms with Gasteiger partial charge in [0, 0.05) is 43.1 Å². The van der Waals surface area contributed by atoms with E-state index in [0.29, 0.717) is 50.0 Å². The monoisotopic (exact) mass is 651 g/mol. The van der Waals surface area contributed by atoms with Crippen molar-refractivity contribution in [1.29, 1.82) is 10.5 Å². The predicted octanol–water partition coefficient (Wildman–Crippen LogP) is 10.6. The first-order valence-electron chi connectivity index (χ1n) is 13.6. The number of hydrogen-bond acceptors (Lipinski definition) is 4. The molecule has 1 heterocycles. The van der Waals surface area contributed by atoms with Gasteiger partial charge in [-0.15, -0.1) is 0 Å². The van der Waals surface area contributed by atoms with Crippen LogP contribution in [0.2, 0.25) is 5.02 Å². The van der Waals surface area contributed by atoms with Crippen molar-refractivity contribution in [3.05, 3.63) is 136 Å². The average molecular weight is 652 g/mol. The van der Waals surface area contributed by atoms with Gasteiger partial charge >= 0.3 is 0 Å². The number of rotatable bonds is 7. The number of alkyl halides is 2. The van der Waals surface area contributed by atoms with Crippen LogP contribution in [0, 0.1) is 34.3 Å². The minimum Gasteiger partial charge on any atom is -0.298 e. The largest absolute Gasteiger partial charge is 0.298 e. The third-order valence-electron chi connectivity index (χ3n) is 7.43. The smallest absolute Gasteiger partial charge is 0.263 e. The number of hydrogen-bond donors (Lipinski definition) is 0. The first-order chi connectivity index (χ1) is 22.2. The fourth-order valence-corrected chi connectivity index (χ4v) is 6.64. The Balaban J connectivity index is 1.70. The lowest BCUT2D eigenvalue weighted by Gasteiger charge is -2.15. The van der Waals surface area contributed by atoms with Gasteiger partial charge in [0.15, 0.2) is 6.29 Å². The summed E-state index contributed by atoms with van der Waals surface area (Å²) in [5.74, 6) is -1.31. The molecule has 5 aromatic carbocycles. The molecule has 0 radical (unpaired) electrons. The number of halogens is 5. The third kappa shape index (κ3) is 5.52. The number of nitriles is 2. The van der Waals surface area contributed by atoms with E-state index < -0.39 is 18.1 Å². The van der Waals surface area contributed by atoms with Gasteiger partial charge in [-0.3, -0.25) is 8.77 Å². The molecule has 0 spiro atoms. The van der Waals surface area contributed by atoms with Crippen molar-refractivity contribution in [3.8, 4) is 45.6 Å². The van der Waals surface area contributed by atoms with Crippen LogP contribution in [0.4, 0.5) is 17.6 Å². The number of nitrogens with zero attached hydrogens (tertiary/aromatic N) is 3. The summed E-state index contributed by atoms with van der Waals surface area (Å²) in [4.78, 5) is 11.9. The molecule has 224 valence electrons. The van der Waals surface area contributed by atoms with Crippen molar-refractivity contribution in [2.75, 3.05) is 0 Å². The van der Waals surface area contributed by atoms with Crippen LogP contribution in [-0.4, -0.2) is 10.3 Å². The van der Waals surface area contributed by atoms with E-state index in [1.54, 1.807) is 64.6 Å². The van der Waals surface area contributed by atoms with Crippen molar-refractivity contribution >= 4 is 40.7 Å². The summed E-state index contributed by atoms with van der Waals surface area (Å²) in [5.41, 5.74) is 3.03. The quantitative estimate of drug-likeness (QED) is 0.127. The van der Waals surface area contributed by atoms with Gasteiger partial charge in [-0.2, -0.15) is 10.5 Å². The van der Waals surface area contributed by atoms with E-state index >= 15 is 0 Å². The molecule has 0 unspecified atom stereocenters. The van der Waals surface area contributed by atoms with E-state index in [2.05, 4.69) is 12.1 Å². The van der Waals surface area contributed by atoms with Crippen molar-refractivity contribution < 1.29 is 22.4 Å². The normalized spacial score (nSPS) is 11.0. The summed E-state index contributed by atoms with van der Waals surface area (Å²) in [7, 11) is 0. The molecule has 0 bridgehead atoms. The maximum absolute atomic E-state index is 14.9. The number of aldehydes is 1. The van der Waals surface area contributed by atoms with Crippen LogP contribution in [0.1, 0.15) is 33.5 Å². The summed E-state index contributed by atoms with van der Waals surface area (Å²) in [6.45, 7) is 0. The molecule has 0 amide bonds. The molecular weight excluding hydrogens is 634 g/mol. The maximum atomic E-state index is 14.9. The number of fused-ring (bicyclic) bond motifs is 1. The van der Waals surface area contributed by atoms with Gasteiger partial charge in [-0.05, 0) is 78.2 Å². The van der Waals surface area contributed by atoms with Crippen LogP contribution in [-0.2, 0) is 0 Å². The summed E-state index contributed by atoms with van der Waals surface area (Å²) < 4.78 is 58.1. The standard InChI is InChI=1S/C36H18ClF4N3OS/c37-30-14-25(19-45)31(39)16-28(30)21-3-1-4-22(13-21)35-34(33-23(17-42)5-2-6-24(33)18-43)29-15-26(38)9-12-32(29)44(35)46-27-10-7-20(8-11-27)36(40)41/h1-16,19,36H.